The molecule has 9 nitrogen and oxygen atoms in total. The van der Waals surface area contributed by atoms with Crippen LogP contribution in [0.2, 0.25) is 0 Å². The van der Waals surface area contributed by atoms with E-state index in [1.807, 2.05) is 77.1 Å². The van der Waals surface area contributed by atoms with Gasteiger partial charge in [0.25, 0.3) is 0 Å². The summed E-state index contributed by atoms with van der Waals surface area (Å²) in [4.78, 5) is 18.8. The molecule has 4 heterocycles. The molecule has 1 aliphatic heterocycles. The number of carboxylic acids is 1. The summed E-state index contributed by atoms with van der Waals surface area (Å²) in [6, 6.07) is 19.8. The Kier molecular flexibility index (Phi) is 6.39. The van der Waals surface area contributed by atoms with Crippen molar-refractivity contribution in [3.8, 4) is 16.9 Å². The van der Waals surface area contributed by atoms with Gasteiger partial charge in [-0.05, 0) is 55.9 Å². The number of hydrogen-bond donors (Lipinski definition) is 2. The summed E-state index contributed by atoms with van der Waals surface area (Å²) in [7, 11) is 0. The molecule has 0 radical (unpaired) electrons. The molecule has 2 N–H and O–H groups in total. The van der Waals surface area contributed by atoms with Gasteiger partial charge in [-0.1, -0.05) is 56.3 Å². The van der Waals surface area contributed by atoms with Gasteiger partial charge >= 0.3 is 5.97 Å². The number of anilines is 1. The number of carbonyl (C=O) groups is 1. The lowest BCUT2D eigenvalue weighted by molar-refractivity contribution is -0.143. The number of nitrogens with zero attached hydrogens (tertiary/aromatic N) is 6. The Balaban J connectivity index is 1.23. The van der Waals surface area contributed by atoms with Crippen molar-refractivity contribution in [1.29, 1.82) is 0 Å². The van der Waals surface area contributed by atoms with Crippen LogP contribution in [-0.4, -0.2) is 53.8 Å². The van der Waals surface area contributed by atoms with E-state index < -0.39 is 17.5 Å². The molecule has 2 fully saturated rings. The second-order valence-electron chi connectivity index (χ2n) is 12.4. The highest BCUT2D eigenvalue weighted by Gasteiger charge is 2.65. The molecule has 2 aliphatic rings. The lowest BCUT2D eigenvalue weighted by Crippen LogP contribution is -2.29. The molecule has 43 heavy (non-hydrogen) atoms. The molecule has 220 valence electrons. The summed E-state index contributed by atoms with van der Waals surface area (Å²) in [6.45, 7) is 10.1. The largest absolute Gasteiger partial charge is 0.481 e. The summed E-state index contributed by atoms with van der Waals surface area (Å²) in [5, 5.41) is 31.5. The van der Waals surface area contributed by atoms with E-state index in [1.165, 1.54) is 0 Å². The Labute approximate surface area is 250 Å². The number of fused-ring (bicyclic) bond motifs is 2. The fourth-order valence-electron chi connectivity index (χ4n) is 6.92. The van der Waals surface area contributed by atoms with E-state index in [4.69, 9.17) is 15.2 Å². The third-order valence-electron chi connectivity index (χ3n) is 9.30. The average Bonchev–Trinajstić information content (AvgIpc) is 3.26. The van der Waals surface area contributed by atoms with Gasteiger partial charge in [-0.3, -0.25) is 9.48 Å². The van der Waals surface area contributed by atoms with Crippen molar-refractivity contribution in [2.24, 2.45) is 11.3 Å². The van der Waals surface area contributed by atoms with Crippen LogP contribution in [0.4, 0.5) is 5.82 Å². The lowest BCUT2D eigenvalue weighted by Gasteiger charge is -2.21. The van der Waals surface area contributed by atoms with E-state index in [-0.39, 0.29) is 11.8 Å². The third kappa shape index (κ3) is 4.50. The molecule has 0 bridgehead atoms. The van der Waals surface area contributed by atoms with Gasteiger partial charge in [-0.25, -0.2) is 9.67 Å². The number of piperidine rings is 1. The summed E-state index contributed by atoms with van der Waals surface area (Å²) < 4.78 is 3.80. The van der Waals surface area contributed by atoms with Crippen molar-refractivity contribution >= 4 is 22.7 Å². The van der Waals surface area contributed by atoms with E-state index in [0.717, 1.165) is 69.1 Å². The van der Waals surface area contributed by atoms with E-state index in [0.29, 0.717) is 13.1 Å². The normalized spacial score (nSPS) is 20.1. The highest BCUT2D eigenvalue weighted by molar-refractivity contribution is 5.94. The van der Waals surface area contributed by atoms with Gasteiger partial charge < -0.3 is 15.1 Å². The molecule has 9 heteroatoms. The van der Waals surface area contributed by atoms with Crippen molar-refractivity contribution in [2.45, 2.75) is 52.7 Å². The standard InChI is InChI=1S/C34H36N6O3/c1-20(2)31-22(4)40(28-13-14-30(35-21(28)3)38-16-24-15-34(24,19-38)33(42)43)37-32(31)25-11-8-12-27-26(25)17-39(36-27)18-29(41)23-9-6-5-7-10-23/h5-14,17,20,24,29,41H,15-16,18-19H2,1-4H3,(H,42,43)/t24-,29-,34-/m0/s1. The Morgan fingerprint density at radius 3 is 2.53 bits per heavy atom. The number of aliphatic hydroxyl groups is 1. The molecule has 7 rings (SSSR count). The maximum atomic E-state index is 11.8. The molecule has 5 aromatic rings. The topological polar surface area (TPSA) is 109 Å². The van der Waals surface area contributed by atoms with Crippen molar-refractivity contribution in [3.63, 3.8) is 0 Å². The maximum Gasteiger partial charge on any atom is 0.311 e. The van der Waals surface area contributed by atoms with Crippen molar-refractivity contribution in [1.82, 2.24) is 24.5 Å². The number of benzene rings is 2. The van der Waals surface area contributed by atoms with Crippen molar-refractivity contribution < 1.29 is 15.0 Å². The number of pyridine rings is 1. The van der Waals surface area contributed by atoms with Gasteiger partial charge in [0.05, 0.1) is 40.7 Å². The molecule has 0 unspecified atom stereocenters. The number of hydrogen-bond acceptors (Lipinski definition) is 6. The number of rotatable bonds is 8. The molecular weight excluding hydrogens is 540 g/mol. The lowest BCUT2D eigenvalue weighted by atomic mass is 9.95. The fourth-order valence-corrected chi connectivity index (χ4v) is 6.92. The zero-order valence-corrected chi connectivity index (χ0v) is 24.9. The zero-order valence-electron chi connectivity index (χ0n) is 24.9. The second kappa shape index (κ2) is 10.1. The first kappa shape index (κ1) is 27.3. The first-order chi connectivity index (χ1) is 20.7. The third-order valence-corrected chi connectivity index (χ3v) is 9.30. The Morgan fingerprint density at radius 1 is 1.05 bits per heavy atom. The molecule has 2 aromatic carbocycles. The number of aromatic nitrogens is 5. The van der Waals surface area contributed by atoms with E-state index >= 15 is 0 Å². The first-order valence-corrected chi connectivity index (χ1v) is 14.9. The van der Waals surface area contributed by atoms with E-state index in [1.54, 1.807) is 0 Å². The van der Waals surface area contributed by atoms with Crippen molar-refractivity contribution in [2.75, 3.05) is 18.0 Å². The SMILES string of the molecule is Cc1nc(N2C[C@@H]3C[C@]3(C(=O)O)C2)ccc1-n1nc(-c2cccc3nn(C[C@H](O)c4ccccc4)cc23)c(C(C)C)c1C. The predicted molar refractivity (Wildman–Crippen MR) is 165 cm³/mol. The van der Waals surface area contributed by atoms with Gasteiger partial charge in [0.15, 0.2) is 0 Å². The Hall–Kier alpha value is -4.50. The van der Waals surface area contributed by atoms with Gasteiger partial charge in [-0.15, -0.1) is 0 Å². The quantitative estimate of drug-likeness (QED) is 0.245. The minimum Gasteiger partial charge on any atom is -0.481 e. The van der Waals surface area contributed by atoms with Crippen LogP contribution in [0.25, 0.3) is 27.8 Å². The van der Waals surface area contributed by atoms with Crippen LogP contribution >= 0.6 is 0 Å². The zero-order chi connectivity index (χ0) is 30.0. The number of aryl methyl sites for hydroxylation is 1. The fraction of sp³-hybridized carbons (Fsp3) is 0.353. The highest BCUT2D eigenvalue weighted by atomic mass is 16.4. The molecule has 1 saturated heterocycles. The van der Waals surface area contributed by atoms with Crippen LogP contribution in [-0.2, 0) is 11.3 Å². The average molecular weight is 577 g/mol. The number of aliphatic carboxylic acids is 1. The van der Waals surface area contributed by atoms with E-state index in [2.05, 4.69) is 31.7 Å². The molecular formula is C34H36N6O3. The number of carboxylic acid groups (broad SMARTS) is 1. The minimum atomic E-state index is -0.692. The van der Waals surface area contributed by atoms with Crippen LogP contribution in [0, 0.1) is 25.2 Å². The van der Waals surface area contributed by atoms with Crippen molar-refractivity contribution in [3.05, 3.63) is 89.4 Å². The molecule has 3 aromatic heterocycles. The van der Waals surface area contributed by atoms with Gasteiger partial charge in [0.2, 0.25) is 0 Å². The van der Waals surface area contributed by atoms with Crippen LogP contribution < -0.4 is 4.90 Å². The van der Waals surface area contributed by atoms with Crippen LogP contribution in [0.3, 0.4) is 0 Å². The first-order valence-electron chi connectivity index (χ1n) is 14.9. The summed E-state index contributed by atoms with van der Waals surface area (Å²) in [5.74, 6) is 0.565. The van der Waals surface area contributed by atoms with Gasteiger partial charge in [0.1, 0.15) is 5.82 Å². The molecule has 0 amide bonds. The molecule has 1 aliphatic carbocycles. The van der Waals surface area contributed by atoms with Crippen LogP contribution in [0.15, 0.2) is 66.9 Å². The molecule has 0 spiro atoms. The Bertz CT molecular complexity index is 1860. The Morgan fingerprint density at radius 2 is 1.84 bits per heavy atom. The second-order valence-corrected chi connectivity index (χ2v) is 12.4. The van der Waals surface area contributed by atoms with Crippen LogP contribution in [0.1, 0.15) is 54.8 Å². The summed E-state index contributed by atoms with van der Waals surface area (Å²) in [5.41, 5.74) is 6.99. The smallest absolute Gasteiger partial charge is 0.311 e. The summed E-state index contributed by atoms with van der Waals surface area (Å²) in [6.07, 6.45) is 2.11. The van der Waals surface area contributed by atoms with E-state index in [9.17, 15) is 15.0 Å². The minimum absolute atomic E-state index is 0.213. The highest BCUT2D eigenvalue weighted by Crippen LogP contribution is 2.58. The monoisotopic (exact) mass is 576 g/mol. The number of aliphatic hydroxyl groups excluding tert-OH is 1. The van der Waals surface area contributed by atoms with Crippen LogP contribution in [0.5, 0.6) is 0 Å². The molecule has 1 saturated carbocycles. The maximum absolute atomic E-state index is 11.8. The van der Waals surface area contributed by atoms with Gasteiger partial charge in [-0.2, -0.15) is 10.2 Å². The van der Waals surface area contributed by atoms with Gasteiger partial charge in [0, 0.05) is 41.5 Å². The molecule has 3 atom stereocenters. The summed E-state index contributed by atoms with van der Waals surface area (Å²) >= 11 is 0. The predicted octanol–water partition coefficient (Wildman–Crippen LogP) is 5.67.